The first-order valence-electron chi connectivity index (χ1n) is 17.2. The lowest BCUT2D eigenvalue weighted by molar-refractivity contribution is 0.0335. The van der Waals surface area contributed by atoms with Crippen LogP contribution >= 0.6 is 0 Å². The van der Waals surface area contributed by atoms with E-state index in [0.717, 1.165) is 17.5 Å². The standard InChI is InChI=1S/C41H50O11/c1-23-18-34(26-10-16-32(37(19-26)48-8)50-24(2)39(42)27-11-14-30(44-4)35(20-27)46-6)52-41(23)29-13-17-33(38(22-29)49-9)51-25(3)40(43)28-12-15-31(45-5)36(21-28)47-7/h10-17,19-25,34,39-43H,18H2,1-9H3/t23-,24-,25?,34?,39+,40?,41+/m1/s1. The van der Waals surface area contributed by atoms with Gasteiger partial charge in [-0.1, -0.05) is 31.2 Å². The molecule has 0 aliphatic carbocycles. The van der Waals surface area contributed by atoms with E-state index in [-0.39, 0.29) is 18.1 Å². The van der Waals surface area contributed by atoms with Crippen LogP contribution in [0.15, 0.2) is 72.8 Å². The monoisotopic (exact) mass is 718 g/mol. The fraction of sp³-hybridized carbons (Fsp3) is 0.415. The molecule has 3 unspecified atom stereocenters. The third-order valence-corrected chi connectivity index (χ3v) is 9.50. The van der Waals surface area contributed by atoms with E-state index in [1.807, 2.05) is 36.4 Å². The Morgan fingerprint density at radius 1 is 0.519 bits per heavy atom. The Balaban J connectivity index is 1.26. The lowest BCUT2D eigenvalue weighted by Crippen LogP contribution is -2.22. The minimum atomic E-state index is -0.928. The van der Waals surface area contributed by atoms with E-state index in [4.69, 9.17) is 42.6 Å². The van der Waals surface area contributed by atoms with Crippen molar-refractivity contribution in [1.82, 2.24) is 0 Å². The molecule has 5 rings (SSSR count). The quantitative estimate of drug-likeness (QED) is 0.119. The van der Waals surface area contributed by atoms with E-state index < -0.39 is 24.4 Å². The molecule has 0 radical (unpaired) electrons. The van der Waals surface area contributed by atoms with Gasteiger partial charge in [-0.15, -0.1) is 0 Å². The van der Waals surface area contributed by atoms with Crippen LogP contribution in [-0.4, -0.2) is 65.1 Å². The molecule has 1 aliphatic heterocycles. The maximum atomic E-state index is 11.1. The molecule has 1 fully saturated rings. The Bertz CT molecular complexity index is 1790. The summed E-state index contributed by atoms with van der Waals surface area (Å²) in [6.45, 7) is 5.76. The van der Waals surface area contributed by atoms with Crippen LogP contribution in [0.3, 0.4) is 0 Å². The van der Waals surface area contributed by atoms with E-state index in [1.54, 1.807) is 92.9 Å². The predicted octanol–water partition coefficient (Wildman–Crippen LogP) is 7.58. The molecular formula is C41H50O11. The van der Waals surface area contributed by atoms with Crippen LogP contribution in [0.4, 0.5) is 0 Å². The van der Waals surface area contributed by atoms with E-state index in [0.29, 0.717) is 57.1 Å². The van der Waals surface area contributed by atoms with Gasteiger partial charge in [0.25, 0.3) is 0 Å². The Labute approximate surface area is 305 Å². The minimum absolute atomic E-state index is 0.184. The second-order valence-electron chi connectivity index (χ2n) is 12.8. The number of aliphatic hydroxyl groups is 2. The highest BCUT2D eigenvalue weighted by molar-refractivity contribution is 5.47. The van der Waals surface area contributed by atoms with Crippen LogP contribution in [0.5, 0.6) is 46.0 Å². The van der Waals surface area contributed by atoms with Crippen LogP contribution in [0, 0.1) is 5.92 Å². The zero-order valence-electron chi connectivity index (χ0n) is 31.2. The molecule has 2 N–H and O–H groups in total. The first-order valence-corrected chi connectivity index (χ1v) is 17.2. The van der Waals surface area contributed by atoms with Gasteiger partial charge < -0.3 is 52.8 Å². The van der Waals surface area contributed by atoms with E-state index in [2.05, 4.69) is 6.92 Å². The number of benzene rings is 4. The highest BCUT2D eigenvalue weighted by atomic mass is 16.5. The van der Waals surface area contributed by atoms with Gasteiger partial charge in [-0.2, -0.15) is 0 Å². The topological polar surface area (TPSA) is 124 Å². The summed E-state index contributed by atoms with van der Waals surface area (Å²) in [5, 5.41) is 22.2. The molecule has 4 aromatic carbocycles. The number of methoxy groups -OCH3 is 6. The molecular weight excluding hydrogens is 668 g/mol. The lowest BCUT2D eigenvalue weighted by atomic mass is 9.94. The summed E-state index contributed by atoms with van der Waals surface area (Å²) in [4.78, 5) is 0. The van der Waals surface area contributed by atoms with Crippen LogP contribution in [0.1, 0.15) is 73.9 Å². The maximum Gasteiger partial charge on any atom is 0.161 e. The van der Waals surface area contributed by atoms with Crippen LogP contribution in [0.2, 0.25) is 0 Å². The highest BCUT2D eigenvalue weighted by Gasteiger charge is 2.35. The summed E-state index contributed by atoms with van der Waals surface area (Å²) >= 11 is 0. The highest BCUT2D eigenvalue weighted by Crippen LogP contribution is 2.48. The fourth-order valence-corrected chi connectivity index (χ4v) is 6.54. The Hall–Kier alpha value is -4.84. The molecule has 7 atom stereocenters. The van der Waals surface area contributed by atoms with E-state index in [1.165, 1.54) is 0 Å². The van der Waals surface area contributed by atoms with Crippen molar-refractivity contribution >= 4 is 0 Å². The van der Waals surface area contributed by atoms with Crippen molar-refractivity contribution < 1.29 is 52.8 Å². The molecule has 280 valence electrons. The number of hydrogen-bond donors (Lipinski definition) is 2. The average molecular weight is 719 g/mol. The van der Waals surface area contributed by atoms with Gasteiger partial charge in [0, 0.05) is 0 Å². The first kappa shape index (κ1) is 38.4. The summed E-state index contributed by atoms with van der Waals surface area (Å²) in [5.74, 6) is 4.49. The van der Waals surface area contributed by atoms with Crippen LogP contribution in [-0.2, 0) is 4.74 Å². The van der Waals surface area contributed by atoms with Crippen molar-refractivity contribution in [3.8, 4) is 46.0 Å². The van der Waals surface area contributed by atoms with Gasteiger partial charge in [0.1, 0.15) is 24.4 Å². The SMILES string of the molecule is COc1ccc(C(O)C(C)Oc2ccc([C@H]3OC(c4ccc(O[C@H](C)[C@H](O)c5ccc(OC)c(OC)c5)c(OC)c4)C[C@H]3C)cc2OC)cc1OC. The van der Waals surface area contributed by atoms with Crippen molar-refractivity contribution in [3.63, 3.8) is 0 Å². The Kier molecular flexibility index (Phi) is 12.6. The fourth-order valence-electron chi connectivity index (χ4n) is 6.54. The van der Waals surface area contributed by atoms with E-state index >= 15 is 0 Å². The average Bonchev–Trinajstić information content (AvgIpc) is 3.57. The zero-order chi connectivity index (χ0) is 37.5. The normalized spacial score (nSPS) is 19.2. The first-order chi connectivity index (χ1) is 25.0. The second-order valence-corrected chi connectivity index (χ2v) is 12.8. The summed E-state index contributed by atoms with van der Waals surface area (Å²) in [5.41, 5.74) is 3.18. The Morgan fingerprint density at radius 2 is 0.904 bits per heavy atom. The van der Waals surface area contributed by atoms with Crippen molar-refractivity contribution in [2.45, 2.75) is 63.8 Å². The number of ether oxygens (including phenoxy) is 9. The maximum absolute atomic E-state index is 11.1. The van der Waals surface area contributed by atoms with E-state index in [9.17, 15) is 10.2 Å². The molecule has 52 heavy (non-hydrogen) atoms. The Morgan fingerprint density at radius 3 is 1.35 bits per heavy atom. The molecule has 0 bridgehead atoms. The molecule has 1 saturated heterocycles. The number of rotatable bonds is 16. The summed E-state index contributed by atoms with van der Waals surface area (Å²) < 4.78 is 51.9. The minimum Gasteiger partial charge on any atom is -0.493 e. The van der Waals surface area contributed by atoms with Crippen LogP contribution in [0.25, 0.3) is 0 Å². The molecule has 1 heterocycles. The van der Waals surface area contributed by atoms with Gasteiger partial charge in [0.15, 0.2) is 46.0 Å². The third kappa shape index (κ3) is 8.28. The van der Waals surface area contributed by atoms with Crippen molar-refractivity contribution in [2.75, 3.05) is 42.7 Å². The molecule has 1 aliphatic rings. The molecule has 0 aromatic heterocycles. The summed E-state index contributed by atoms with van der Waals surface area (Å²) in [7, 11) is 9.42. The second kappa shape index (κ2) is 17.1. The molecule has 11 heteroatoms. The predicted molar refractivity (Wildman–Crippen MR) is 196 cm³/mol. The molecule has 11 nitrogen and oxygen atoms in total. The number of hydrogen-bond acceptors (Lipinski definition) is 11. The van der Waals surface area contributed by atoms with Crippen molar-refractivity contribution in [1.29, 1.82) is 0 Å². The third-order valence-electron chi connectivity index (χ3n) is 9.50. The summed E-state index contributed by atoms with van der Waals surface area (Å²) in [6.07, 6.45) is -2.63. The molecule has 0 amide bonds. The van der Waals surface area contributed by atoms with Crippen LogP contribution < -0.4 is 37.9 Å². The van der Waals surface area contributed by atoms with Gasteiger partial charge in [-0.3, -0.25) is 0 Å². The van der Waals surface area contributed by atoms with Gasteiger partial charge in [0.2, 0.25) is 0 Å². The van der Waals surface area contributed by atoms with Crippen molar-refractivity contribution in [3.05, 3.63) is 95.1 Å². The number of aliphatic hydroxyl groups excluding tert-OH is 2. The van der Waals surface area contributed by atoms with Crippen molar-refractivity contribution in [2.24, 2.45) is 5.92 Å². The molecule has 4 aromatic rings. The molecule has 0 spiro atoms. The smallest absolute Gasteiger partial charge is 0.161 e. The molecule has 0 saturated carbocycles. The van der Waals surface area contributed by atoms with Gasteiger partial charge in [-0.25, -0.2) is 0 Å². The zero-order valence-corrected chi connectivity index (χ0v) is 31.2. The summed E-state index contributed by atoms with van der Waals surface area (Å²) in [6, 6.07) is 22.0. The van der Waals surface area contributed by atoms with Gasteiger partial charge in [0.05, 0.1) is 54.9 Å². The van der Waals surface area contributed by atoms with Gasteiger partial charge >= 0.3 is 0 Å². The lowest BCUT2D eigenvalue weighted by Gasteiger charge is -2.24. The largest absolute Gasteiger partial charge is 0.493 e. The van der Waals surface area contributed by atoms with Gasteiger partial charge in [-0.05, 0) is 97.0 Å².